The molecule has 0 amide bonds. The number of carboxylic acid groups (broad SMARTS) is 1. The minimum Gasteiger partial charge on any atom is -0.480 e. The van der Waals surface area contributed by atoms with Crippen molar-refractivity contribution in [1.29, 1.82) is 0 Å². The number of piperidine rings is 1. The van der Waals surface area contributed by atoms with Crippen LogP contribution >= 0.6 is 15.9 Å². The zero-order chi connectivity index (χ0) is 16.8. The van der Waals surface area contributed by atoms with Crippen LogP contribution in [0.2, 0.25) is 0 Å². The van der Waals surface area contributed by atoms with Crippen molar-refractivity contribution in [3.63, 3.8) is 0 Å². The maximum atomic E-state index is 14.4. The van der Waals surface area contributed by atoms with Crippen LogP contribution in [0.25, 0.3) is 0 Å². The van der Waals surface area contributed by atoms with E-state index in [1.807, 2.05) is 11.0 Å². The molecule has 0 aromatic heterocycles. The number of halogens is 2. The fourth-order valence-corrected chi connectivity index (χ4v) is 4.55. The van der Waals surface area contributed by atoms with Crippen LogP contribution in [0.5, 0.6) is 0 Å². The molecule has 0 aliphatic carbocycles. The zero-order valence-electron chi connectivity index (χ0n) is 13.0. The number of rotatable bonds is 4. The largest absolute Gasteiger partial charge is 0.480 e. The molecule has 1 aromatic carbocycles. The Kier molecular flexibility index (Phi) is 4.23. The van der Waals surface area contributed by atoms with Gasteiger partial charge in [0.1, 0.15) is 5.82 Å². The molecule has 1 aromatic rings. The highest BCUT2D eigenvalue weighted by atomic mass is 79.9. The number of fused-ring (bicyclic) bond motifs is 3. The van der Waals surface area contributed by atoms with Gasteiger partial charge in [0, 0.05) is 23.0 Å². The summed E-state index contributed by atoms with van der Waals surface area (Å²) in [7, 11) is 0. The van der Waals surface area contributed by atoms with Crippen molar-refractivity contribution < 1.29 is 14.3 Å². The number of nitrogens with one attached hydrogen (secondary N) is 1. The van der Waals surface area contributed by atoms with Gasteiger partial charge >= 0.3 is 5.97 Å². The summed E-state index contributed by atoms with van der Waals surface area (Å²) in [5.74, 6) is -1.14. The Hall–Kier alpha value is -1.40. The van der Waals surface area contributed by atoms with Gasteiger partial charge in [-0.1, -0.05) is 41.4 Å². The maximum absolute atomic E-state index is 14.4. The van der Waals surface area contributed by atoms with Gasteiger partial charge < -0.3 is 10.4 Å². The van der Waals surface area contributed by atoms with E-state index in [0.717, 1.165) is 24.0 Å². The van der Waals surface area contributed by atoms with Crippen molar-refractivity contribution >= 4 is 27.6 Å². The first-order valence-electron chi connectivity index (χ1n) is 7.77. The van der Waals surface area contributed by atoms with Gasteiger partial charge in [0.2, 0.25) is 0 Å². The van der Waals surface area contributed by atoms with E-state index in [1.54, 1.807) is 0 Å². The number of likely N-dealkylation sites (tertiary alicyclic amines) is 1. The van der Waals surface area contributed by atoms with Gasteiger partial charge in [-0.05, 0) is 24.1 Å². The van der Waals surface area contributed by atoms with E-state index >= 15 is 0 Å². The topological polar surface area (TPSA) is 52.6 Å². The van der Waals surface area contributed by atoms with Gasteiger partial charge in [-0.2, -0.15) is 0 Å². The lowest BCUT2D eigenvalue weighted by molar-refractivity contribution is -0.138. The second-order valence-electron chi connectivity index (χ2n) is 6.40. The first-order chi connectivity index (χ1) is 10.9. The highest BCUT2D eigenvalue weighted by molar-refractivity contribution is 9.10. The summed E-state index contributed by atoms with van der Waals surface area (Å²) in [5, 5.41) is 12.4. The van der Waals surface area contributed by atoms with Crippen LogP contribution < -0.4 is 5.32 Å². The zero-order valence-corrected chi connectivity index (χ0v) is 14.6. The van der Waals surface area contributed by atoms with Gasteiger partial charge in [-0.25, -0.2) is 4.39 Å². The monoisotopic (exact) mass is 382 g/mol. The van der Waals surface area contributed by atoms with E-state index < -0.39 is 5.97 Å². The molecule has 2 atom stereocenters. The van der Waals surface area contributed by atoms with E-state index in [0.29, 0.717) is 23.2 Å². The summed E-state index contributed by atoms with van der Waals surface area (Å²) in [4.78, 5) is 12.9. The van der Waals surface area contributed by atoms with Crippen molar-refractivity contribution in [3.8, 4) is 0 Å². The van der Waals surface area contributed by atoms with Gasteiger partial charge in [-0.15, -0.1) is 0 Å². The SMILES string of the molecule is C=C1CN(CC(=O)O)C[C@@H]2Nc3c(F)cc(Br)cc3[C@]12CCC. The average molecular weight is 383 g/mol. The molecule has 2 heterocycles. The quantitative estimate of drug-likeness (QED) is 0.783. The van der Waals surface area contributed by atoms with Crippen molar-refractivity contribution in [1.82, 2.24) is 4.90 Å². The highest BCUT2D eigenvalue weighted by Gasteiger charge is 2.52. The number of anilines is 1. The Morgan fingerprint density at radius 2 is 2.35 bits per heavy atom. The van der Waals surface area contributed by atoms with Crippen LogP contribution in [0.15, 0.2) is 28.8 Å². The summed E-state index contributed by atoms with van der Waals surface area (Å²) < 4.78 is 15.1. The second-order valence-corrected chi connectivity index (χ2v) is 7.31. The van der Waals surface area contributed by atoms with Crippen LogP contribution in [-0.4, -0.2) is 41.7 Å². The number of hydrogen-bond acceptors (Lipinski definition) is 3. The van der Waals surface area contributed by atoms with Crippen molar-refractivity contribution in [2.24, 2.45) is 0 Å². The van der Waals surface area contributed by atoms with Crippen LogP contribution in [0.3, 0.4) is 0 Å². The minimum atomic E-state index is -0.856. The van der Waals surface area contributed by atoms with E-state index in [1.165, 1.54) is 6.07 Å². The van der Waals surface area contributed by atoms with Crippen LogP contribution in [0, 0.1) is 5.82 Å². The third kappa shape index (κ3) is 2.58. The molecule has 0 spiro atoms. The molecular weight excluding hydrogens is 363 g/mol. The molecule has 0 radical (unpaired) electrons. The fraction of sp³-hybridized carbons (Fsp3) is 0.471. The third-order valence-electron chi connectivity index (χ3n) is 4.94. The molecular formula is C17H20BrFN2O2. The summed E-state index contributed by atoms with van der Waals surface area (Å²) in [6.07, 6.45) is 1.82. The van der Waals surface area contributed by atoms with Gasteiger partial charge in [0.05, 0.1) is 18.3 Å². The Morgan fingerprint density at radius 1 is 1.61 bits per heavy atom. The minimum absolute atomic E-state index is 0.0259. The van der Waals surface area contributed by atoms with Crippen LogP contribution in [0.1, 0.15) is 25.3 Å². The number of hydrogen-bond donors (Lipinski definition) is 2. The molecule has 2 aliphatic rings. The molecule has 0 saturated carbocycles. The normalized spacial score (nSPS) is 26.6. The molecule has 1 saturated heterocycles. The molecule has 124 valence electrons. The van der Waals surface area contributed by atoms with Crippen molar-refractivity contribution in [2.75, 3.05) is 25.0 Å². The van der Waals surface area contributed by atoms with E-state index in [9.17, 15) is 9.18 Å². The maximum Gasteiger partial charge on any atom is 0.317 e. The lowest BCUT2D eigenvalue weighted by Crippen LogP contribution is -2.55. The van der Waals surface area contributed by atoms with Crippen LogP contribution in [0.4, 0.5) is 10.1 Å². The molecule has 0 bridgehead atoms. The smallest absolute Gasteiger partial charge is 0.317 e. The second kappa shape index (κ2) is 5.91. The summed E-state index contributed by atoms with van der Waals surface area (Å²) in [6, 6.07) is 3.38. The first-order valence-corrected chi connectivity index (χ1v) is 8.56. The molecule has 6 heteroatoms. The third-order valence-corrected chi connectivity index (χ3v) is 5.40. The number of aliphatic carboxylic acids is 1. The average Bonchev–Trinajstić information content (AvgIpc) is 2.75. The molecule has 23 heavy (non-hydrogen) atoms. The number of nitrogens with zero attached hydrogens (tertiary/aromatic N) is 1. The Bertz CT molecular complexity index is 679. The van der Waals surface area contributed by atoms with Gasteiger partial charge in [0.25, 0.3) is 0 Å². The summed E-state index contributed by atoms with van der Waals surface area (Å²) >= 11 is 3.39. The van der Waals surface area contributed by atoms with Crippen LogP contribution in [-0.2, 0) is 10.2 Å². The Morgan fingerprint density at radius 3 is 3.00 bits per heavy atom. The van der Waals surface area contributed by atoms with E-state index in [-0.39, 0.29) is 23.8 Å². The van der Waals surface area contributed by atoms with Crippen molar-refractivity contribution in [2.45, 2.75) is 31.2 Å². The standard InChI is InChI=1S/C17H20BrFN2O2/c1-3-4-17-10(2)7-21(9-15(22)23)8-14(17)20-16-12(17)5-11(18)6-13(16)19/h5-6,14,20H,2-4,7-9H2,1H3,(H,22,23)/t14-,17-/m0/s1. The lowest BCUT2D eigenvalue weighted by Gasteiger charge is -2.45. The predicted molar refractivity (Wildman–Crippen MR) is 91.3 cm³/mol. The highest BCUT2D eigenvalue weighted by Crippen LogP contribution is 2.52. The number of carboxylic acids is 1. The van der Waals surface area contributed by atoms with Crippen molar-refractivity contribution in [3.05, 3.63) is 40.1 Å². The Labute approximate surface area is 143 Å². The molecule has 4 nitrogen and oxygen atoms in total. The molecule has 3 rings (SSSR count). The molecule has 2 aliphatic heterocycles. The predicted octanol–water partition coefficient (Wildman–Crippen LogP) is 3.38. The van der Waals surface area contributed by atoms with E-state index in [4.69, 9.17) is 5.11 Å². The summed E-state index contributed by atoms with van der Waals surface area (Å²) in [6.45, 7) is 7.42. The fourth-order valence-electron chi connectivity index (χ4n) is 4.12. The Balaban J connectivity index is 2.06. The molecule has 0 unspecified atom stereocenters. The lowest BCUT2D eigenvalue weighted by atomic mass is 9.66. The first kappa shape index (κ1) is 16.5. The molecule has 2 N–H and O–H groups in total. The number of benzene rings is 1. The summed E-state index contributed by atoms with van der Waals surface area (Å²) in [5.41, 5.74) is 2.10. The van der Waals surface area contributed by atoms with Gasteiger partial charge in [0.15, 0.2) is 0 Å². The van der Waals surface area contributed by atoms with Gasteiger partial charge in [-0.3, -0.25) is 9.69 Å². The number of carbonyl (C=O) groups is 1. The van der Waals surface area contributed by atoms with E-state index in [2.05, 4.69) is 34.7 Å². The molecule has 1 fully saturated rings.